The van der Waals surface area contributed by atoms with Crippen molar-refractivity contribution in [2.24, 2.45) is 0 Å². The molecule has 0 spiro atoms. The van der Waals surface area contributed by atoms with Crippen molar-refractivity contribution in [2.45, 2.75) is 45.0 Å². The van der Waals surface area contributed by atoms with E-state index in [9.17, 15) is 0 Å². The molecule has 1 rings (SSSR count). The van der Waals surface area contributed by atoms with Gasteiger partial charge in [-0.05, 0) is 6.92 Å². The van der Waals surface area contributed by atoms with Crippen LogP contribution in [0, 0.1) is 11.3 Å². The van der Waals surface area contributed by atoms with Crippen LogP contribution in [0.4, 0.5) is 0 Å². The monoisotopic (exact) mass is 169 g/mol. The van der Waals surface area contributed by atoms with Gasteiger partial charge >= 0.3 is 0 Å². The van der Waals surface area contributed by atoms with E-state index in [1.807, 2.05) is 6.92 Å². The molecule has 2 atom stereocenters. The average Bonchev–Trinajstić information content (AvgIpc) is 2.34. The third-order valence-corrected chi connectivity index (χ3v) is 2.01. The lowest BCUT2D eigenvalue weighted by atomic mass is 10.2. The summed E-state index contributed by atoms with van der Waals surface area (Å²) in [6.45, 7) is 4.59. The van der Waals surface area contributed by atoms with Crippen LogP contribution >= 0.6 is 0 Å². The molecule has 0 amide bonds. The maximum absolute atomic E-state index is 8.44. The summed E-state index contributed by atoms with van der Waals surface area (Å²) in [5.41, 5.74) is 0. The summed E-state index contributed by atoms with van der Waals surface area (Å²) in [5.74, 6) is -0.434. The molecule has 0 aliphatic carbocycles. The minimum absolute atomic E-state index is 0.0217. The van der Waals surface area contributed by atoms with Gasteiger partial charge in [-0.2, -0.15) is 5.26 Å². The number of rotatable bonds is 3. The van der Waals surface area contributed by atoms with Crippen LogP contribution in [0.3, 0.4) is 0 Å². The number of nitrogens with zero attached hydrogens (tertiary/aromatic N) is 1. The molecule has 3 heteroatoms. The fourth-order valence-corrected chi connectivity index (χ4v) is 1.48. The topological polar surface area (TPSA) is 42.2 Å². The summed E-state index contributed by atoms with van der Waals surface area (Å²) in [6.07, 6.45) is 2.34. The number of hydrogen-bond acceptors (Lipinski definition) is 3. The molecular weight excluding hydrogens is 154 g/mol. The van der Waals surface area contributed by atoms with Gasteiger partial charge in [0.25, 0.3) is 0 Å². The average molecular weight is 169 g/mol. The van der Waals surface area contributed by atoms with E-state index in [2.05, 4.69) is 13.0 Å². The highest BCUT2D eigenvalue weighted by molar-refractivity contribution is 4.82. The molecular formula is C9H15NO2. The minimum atomic E-state index is -0.434. The van der Waals surface area contributed by atoms with Gasteiger partial charge in [0.05, 0.1) is 25.2 Å². The van der Waals surface area contributed by atoms with Crippen LogP contribution in [0.25, 0.3) is 0 Å². The first-order valence-corrected chi connectivity index (χ1v) is 4.39. The zero-order valence-electron chi connectivity index (χ0n) is 7.67. The largest absolute Gasteiger partial charge is 0.347 e. The molecule has 1 aliphatic rings. The standard InChI is InChI=1S/C9H15NO2/c1-3-5-9(2)11-7-8(12-9)4-6-10/h8H,3-5,7H2,1-2H3. The van der Waals surface area contributed by atoms with Gasteiger partial charge in [0.1, 0.15) is 0 Å². The third kappa shape index (κ3) is 2.20. The summed E-state index contributed by atoms with van der Waals surface area (Å²) in [5, 5.41) is 8.44. The molecule has 1 aliphatic heterocycles. The first kappa shape index (κ1) is 9.50. The quantitative estimate of drug-likeness (QED) is 0.647. The molecule has 0 radical (unpaired) electrons. The highest BCUT2D eigenvalue weighted by Gasteiger charge is 2.35. The normalized spacial score (nSPS) is 34.9. The van der Waals surface area contributed by atoms with Crippen molar-refractivity contribution in [1.29, 1.82) is 5.26 Å². The fourth-order valence-electron chi connectivity index (χ4n) is 1.48. The lowest BCUT2D eigenvalue weighted by Crippen LogP contribution is -2.26. The molecule has 0 N–H and O–H groups in total. The Bertz CT molecular complexity index is 187. The van der Waals surface area contributed by atoms with Crippen LogP contribution in [0.1, 0.15) is 33.1 Å². The van der Waals surface area contributed by atoms with Gasteiger partial charge in [-0.15, -0.1) is 0 Å². The molecule has 68 valence electrons. The van der Waals surface area contributed by atoms with E-state index in [4.69, 9.17) is 14.7 Å². The maximum atomic E-state index is 8.44. The van der Waals surface area contributed by atoms with E-state index >= 15 is 0 Å². The number of ether oxygens (including phenoxy) is 2. The summed E-state index contributed by atoms with van der Waals surface area (Å²) < 4.78 is 11.1. The fraction of sp³-hybridized carbons (Fsp3) is 0.889. The number of hydrogen-bond donors (Lipinski definition) is 0. The van der Waals surface area contributed by atoms with Gasteiger partial charge in [0.2, 0.25) is 0 Å². The first-order valence-electron chi connectivity index (χ1n) is 4.39. The Hall–Kier alpha value is -0.590. The molecule has 1 fully saturated rings. The highest BCUT2D eigenvalue weighted by atomic mass is 16.7. The Balaban J connectivity index is 2.38. The smallest absolute Gasteiger partial charge is 0.166 e. The maximum Gasteiger partial charge on any atom is 0.166 e. The van der Waals surface area contributed by atoms with E-state index in [0.29, 0.717) is 13.0 Å². The van der Waals surface area contributed by atoms with Crippen LogP contribution in [0.15, 0.2) is 0 Å². The zero-order chi connectivity index (χ0) is 9.03. The van der Waals surface area contributed by atoms with Crippen LogP contribution in [-0.4, -0.2) is 18.5 Å². The second-order valence-corrected chi connectivity index (χ2v) is 3.30. The summed E-state index contributed by atoms with van der Waals surface area (Å²) >= 11 is 0. The van der Waals surface area contributed by atoms with Crippen molar-refractivity contribution >= 4 is 0 Å². The third-order valence-electron chi connectivity index (χ3n) is 2.01. The van der Waals surface area contributed by atoms with E-state index in [1.165, 1.54) is 0 Å². The molecule has 0 aromatic heterocycles. The molecule has 3 nitrogen and oxygen atoms in total. The Labute approximate surface area is 73.3 Å². The predicted octanol–water partition coefficient (Wildman–Crippen LogP) is 1.83. The lowest BCUT2D eigenvalue weighted by Gasteiger charge is -2.21. The summed E-state index contributed by atoms with van der Waals surface area (Å²) in [4.78, 5) is 0. The molecule has 0 aromatic rings. The van der Waals surface area contributed by atoms with Crippen molar-refractivity contribution in [1.82, 2.24) is 0 Å². The molecule has 12 heavy (non-hydrogen) atoms. The van der Waals surface area contributed by atoms with Gasteiger partial charge in [-0.1, -0.05) is 13.3 Å². The van der Waals surface area contributed by atoms with Crippen molar-refractivity contribution in [3.8, 4) is 6.07 Å². The van der Waals surface area contributed by atoms with E-state index in [-0.39, 0.29) is 6.10 Å². The summed E-state index contributed by atoms with van der Waals surface area (Å²) in [6, 6.07) is 2.08. The Morgan fingerprint density at radius 2 is 2.42 bits per heavy atom. The molecule has 0 bridgehead atoms. The van der Waals surface area contributed by atoms with Crippen molar-refractivity contribution in [2.75, 3.05) is 6.61 Å². The summed E-state index contributed by atoms with van der Waals surface area (Å²) in [7, 11) is 0. The van der Waals surface area contributed by atoms with Gasteiger partial charge in [0, 0.05) is 6.42 Å². The van der Waals surface area contributed by atoms with E-state index in [0.717, 1.165) is 12.8 Å². The Morgan fingerprint density at radius 3 is 3.00 bits per heavy atom. The Morgan fingerprint density at radius 1 is 1.67 bits per heavy atom. The van der Waals surface area contributed by atoms with Crippen molar-refractivity contribution in [3.63, 3.8) is 0 Å². The number of nitriles is 1. The second kappa shape index (κ2) is 3.88. The molecule has 1 saturated heterocycles. The first-order chi connectivity index (χ1) is 5.70. The highest BCUT2D eigenvalue weighted by Crippen LogP contribution is 2.28. The predicted molar refractivity (Wildman–Crippen MR) is 44.4 cm³/mol. The van der Waals surface area contributed by atoms with E-state index in [1.54, 1.807) is 0 Å². The van der Waals surface area contributed by atoms with Gasteiger partial charge in [0.15, 0.2) is 5.79 Å². The van der Waals surface area contributed by atoms with Crippen LogP contribution in [-0.2, 0) is 9.47 Å². The van der Waals surface area contributed by atoms with Gasteiger partial charge < -0.3 is 9.47 Å². The second-order valence-electron chi connectivity index (χ2n) is 3.30. The van der Waals surface area contributed by atoms with Crippen molar-refractivity contribution in [3.05, 3.63) is 0 Å². The van der Waals surface area contributed by atoms with Crippen LogP contribution in [0.2, 0.25) is 0 Å². The van der Waals surface area contributed by atoms with Crippen LogP contribution < -0.4 is 0 Å². The lowest BCUT2D eigenvalue weighted by molar-refractivity contribution is -0.157. The SMILES string of the molecule is CCCC1(C)OCC(CC#N)O1. The van der Waals surface area contributed by atoms with Gasteiger partial charge in [-0.25, -0.2) is 0 Å². The van der Waals surface area contributed by atoms with Crippen LogP contribution in [0.5, 0.6) is 0 Å². The minimum Gasteiger partial charge on any atom is -0.347 e. The molecule has 2 unspecified atom stereocenters. The molecule has 0 aromatic carbocycles. The van der Waals surface area contributed by atoms with E-state index < -0.39 is 5.79 Å². The van der Waals surface area contributed by atoms with Gasteiger partial charge in [-0.3, -0.25) is 0 Å². The molecule has 0 saturated carbocycles. The zero-order valence-corrected chi connectivity index (χ0v) is 7.67. The Kier molecular flexibility index (Phi) is 3.07. The molecule has 1 heterocycles. The van der Waals surface area contributed by atoms with Crippen molar-refractivity contribution < 1.29 is 9.47 Å².